The van der Waals surface area contributed by atoms with Gasteiger partial charge in [-0.2, -0.15) is 0 Å². The SMILES string of the molecule is O=[C-]Cc1ccccc1.[Y+3]. The van der Waals surface area contributed by atoms with E-state index < -0.39 is 0 Å². The van der Waals surface area contributed by atoms with Crippen LogP contribution < -0.4 is 0 Å². The maximum absolute atomic E-state index is 9.85. The van der Waals surface area contributed by atoms with Gasteiger partial charge in [-0.1, -0.05) is 35.9 Å². The van der Waals surface area contributed by atoms with Crippen molar-refractivity contribution in [2.45, 2.75) is 6.42 Å². The van der Waals surface area contributed by atoms with Gasteiger partial charge in [-0.15, -0.1) is 6.42 Å². The third-order valence-corrected chi connectivity index (χ3v) is 1.12. The molecule has 0 aliphatic heterocycles. The van der Waals surface area contributed by atoms with E-state index >= 15 is 0 Å². The molecule has 0 aliphatic carbocycles. The second-order valence-electron chi connectivity index (χ2n) is 1.81. The van der Waals surface area contributed by atoms with Crippen LogP contribution in [0.5, 0.6) is 0 Å². The van der Waals surface area contributed by atoms with E-state index in [0.717, 1.165) is 5.56 Å². The Bertz CT molecular complexity index is 184. The average molecular weight is 208 g/mol. The summed E-state index contributed by atoms with van der Waals surface area (Å²) < 4.78 is 0. The molecule has 46 valence electrons. The second-order valence-corrected chi connectivity index (χ2v) is 1.81. The maximum atomic E-state index is 9.85. The van der Waals surface area contributed by atoms with Crippen molar-refractivity contribution in [2.24, 2.45) is 0 Å². The minimum atomic E-state index is 0. The molecule has 0 heterocycles. The second kappa shape index (κ2) is 5.75. The van der Waals surface area contributed by atoms with Gasteiger partial charge in [0.05, 0.1) is 0 Å². The number of hydrogen-bond acceptors (Lipinski definition) is 1. The monoisotopic (exact) mass is 208 g/mol. The average Bonchev–Trinajstić information content (AvgIpc) is 1.91. The first kappa shape index (κ1) is 9.99. The van der Waals surface area contributed by atoms with Crippen molar-refractivity contribution < 1.29 is 37.5 Å². The quantitative estimate of drug-likeness (QED) is 0.670. The van der Waals surface area contributed by atoms with Gasteiger partial charge in [-0.3, -0.25) is 6.29 Å². The molecule has 0 fully saturated rings. The van der Waals surface area contributed by atoms with E-state index in [1.54, 1.807) is 0 Å². The van der Waals surface area contributed by atoms with Crippen molar-refractivity contribution in [1.82, 2.24) is 0 Å². The van der Waals surface area contributed by atoms with Gasteiger partial charge in [0.25, 0.3) is 0 Å². The van der Waals surface area contributed by atoms with Gasteiger partial charge in [-0.05, 0) is 0 Å². The zero-order valence-electron chi connectivity index (χ0n) is 5.58. The van der Waals surface area contributed by atoms with Crippen LogP contribution in [0.25, 0.3) is 0 Å². The summed E-state index contributed by atoms with van der Waals surface area (Å²) in [5, 5.41) is 0. The largest absolute Gasteiger partial charge is 3.00 e. The predicted molar refractivity (Wildman–Crippen MR) is 35.8 cm³/mol. The molecule has 2 heteroatoms. The van der Waals surface area contributed by atoms with Gasteiger partial charge < -0.3 is 4.79 Å². The molecule has 0 radical (unpaired) electrons. The molecule has 0 aliphatic rings. The summed E-state index contributed by atoms with van der Waals surface area (Å²) in [6.07, 6.45) is 2.24. The van der Waals surface area contributed by atoms with E-state index in [-0.39, 0.29) is 32.7 Å². The van der Waals surface area contributed by atoms with Crippen molar-refractivity contribution in [2.75, 3.05) is 0 Å². The molecular weight excluding hydrogens is 201 g/mol. The number of rotatable bonds is 2. The molecule has 1 aromatic rings. The summed E-state index contributed by atoms with van der Waals surface area (Å²) in [5.41, 5.74) is 1.02. The van der Waals surface area contributed by atoms with Crippen LogP contribution in [-0.2, 0) is 43.9 Å². The van der Waals surface area contributed by atoms with E-state index in [0.29, 0.717) is 6.42 Å². The van der Waals surface area contributed by atoms with Gasteiger partial charge in [-0.25, -0.2) is 0 Å². The topological polar surface area (TPSA) is 17.1 Å². The van der Waals surface area contributed by atoms with Gasteiger partial charge >= 0.3 is 32.7 Å². The smallest absolute Gasteiger partial charge is 0.541 e. The fourth-order valence-corrected chi connectivity index (χ4v) is 0.679. The van der Waals surface area contributed by atoms with Crippen molar-refractivity contribution >= 4 is 6.29 Å². The first-order valence-electron chi connectivity index (χ1n) is 2.82. The van der Waals surface area contributed by atoms with E-state index in [2.05, 4.69) is 0 Å². The molecule has 0 saturated carbocycles. The Labute approximate surface area is 85.7 Å². The van der Waals surface area contributed by atoms with Crippen LogP contribution in [-0.4, -0.2) is 6.29 Å². The van der Waals surface area contributed by atoms with Gasteiger partial charge in [0, 0.05) is 0 Å². The third-order valence-electron chi connectivity index (χ3n) is 1.12. The molecule has 0 amide bonds. The summed E-state index contributed by atoms with van der Waals surface area (Å²) in [4.78, 5) is 9.85. The van der Waals surface area contributed by atoms with E-state index in [1.165, 1.54) is 0 Å². The Morgan fingerprint density at radius 3 is 2.30 bits per heavy atom. The molecule has 0 spiro atoms. The van der Waals surface area contributed by atoms with Crippen LogP contribution in [0.4, 0.5) is 0 Å². The maximum Gasteiger partial charge on any atom is 3.00 e. The van der Waals surface area contributed by atoms with Crippen LogP contribution in [0.2, 0.25) is 0 Å². The molecular formula is C8H7OY+2. The fraction of sp³-hybridized carbons (Fsp3) is 0.125. The van der Waals surface area contributed by atoms with Crippen molar-refractivity contribution in [1.29, 1.82) is 0 Å². The van der Waals surface area contributed by atoms with Crippen LogP contribution in [0.1, 0.15) is 5.56 Å². The van der Waals surface area contributed by atoms with Crippen molar-refractivity contribution in [3.63, 3.8) is 0 Å². The van der Waals surface area contributed by atoms with Crippen molar-refractivity contribution in [3.05, 3.63) is 35.9 Å². The first-order valence-corrected chi connectivity index (χ1v) is 2.82. The molecule has 0 N–H and O–H groups in total. The minimum absolute atomic E-state index is 0. The van der Waals surface area contributed by atoms with Crippen LogP contribution in [0, 0.1) is 0 Å². The van der Waals surface area contributed by atoms with Crippen LogP contribution in [0.3, 0.4) is 0 Å². The van der Waals surface area contributed by atoms with Crippen molar-refractivity contribution in [3.8, 4) is 0 Å². The molecule has 10 heavy (non-hydrogen) atoms. The number of carbonyl (C=O) groups excluding carboxylic acids is 1. The summed E-state index contributed by atoms with van der Waals surface area (Å²) in [6.45, 7) is 0. The van der Waals surface area contributed by atoms with E-state index in [9.17, 15) is 4.79 Å². The zero-order chi connectivity index (χ0) is 6.53. The normalized spacial score (nSPS) is 8.00. The molecule has 1 rings (SSSR count). The van der Waals surface area contributed by atoms with Crippen LogP contribution in [0.15, 0.2) is 30.3 Å². The van der Waals surface area contributed by atoms with Gasteiger partial charge in [0.1, 0.15) is 0 Å². The summed E-state index contributed by atoms with van der Waals surface area (Å²) in [6, 6.07) is 9.56. The summed E-state index contributed by atoms with van der Waals surface area (Å²) in [5.74, 6) is 0. The summed E-state index contributed by atoms with van der Waals surface area (Å²) in [7, 11) is 0. The Morgan fingerprint density at radius 1 is 1.20 bits per heavy atom. The number of hydrogen-bond donors (Lipinski definition) is 0. The molecule has 0 atom stereocenters. The van der Waals surface area contributed by atoms with Crippen LogP contribution >= 0.6 is 0 Å². The first-order chi connectivity index (χ1) is 4.43. The Kier molecular flexibility index (Phi) is 5.75. The van der Waals surface area contributed by atoms with E-state index in [1.807, 2.05) is 36.6 Å². The Balaban J connectivity index is 0.000000810. The van der Waals surface area contributed by atoms with E-state index in [4.69, 9.17) is 0 Å². The third kappa shape index (κ3) is 3.24. The molecule has 1 nitrogen and oxygen atoms in total. The Morgan fingerprint density at radius 2 is 1.80 bits per heavy atom. The number of benzene rings is 1. The molecule has 0 unspecified atom stereocenters. The molecule has 0 bridgehead atoms. The predicted octanol–water partition coefficient (Wildman–Crippen LogP) is 1.34. The zero-order valence-corrected chi connectivity index (χ0v) is 8.42. The minimum Gasteiger partial charge on any atom is -0.541 e. The summed E-state index contributed by atoms with van der Waals surface area (Å²) >= 11 is 0. The van der Waals surface area contributed by atoms with Gasteiger partial charge in [0.2, 0.25) is 0 Å². The molecule has 0 aromatic heterocycles. The molecule has 0 saturated heterocycles. The standard InChI is InChI=1S/C8H7O.Y/c9-7-6-8-4-2-1-3-5-8;/h1-5H,6H2;/q-1;+3. The fourth-order valence-electron chi connectivity index (χ4n) is 0.679. The Hall–Kier alpha value is -0.00610. The van der Waals surface area contributed by atoms with Gasteiger partial charge in [0.15, 0.2) is 0 Å². The molecule has 1 aromatic carbocycles.